The fraction of sp³-hybridized carbons (Fsp3) is 0.571. The summed E-state index contributed by atoms with van der Waals surface area (Å²) in [6.07, 6.45) is 5.19. The molecule has 0 radical (unpaired) electrons. The third-order valence-corrected chi connectivity index (χ3v) is 3.60. The lowest BCUT2D eigenvalue weighted by Crippen LogP contribution is -2.27. The van der Waals surface area contributed by atoms with Gasteiger partial charge in [0.1, 0.15) is 0 Å². The molecule has 1 aliphatic rings. The van der Waals surface area contributed by atoms with Crippen LogP contribution in [0.25, 0.3) is 0 Å². The Morgan fingerprint density at radius 3 is 2.50 bits per heavy atom. The summed E-state index contributed by atoms with van der Waals surface area (Å²) >= 11 is 0. The van der Waals surface area contributed by atoms with Gasteiger partial charge in [0.15, 0.2) is 0 Å². The topological polar surface area (TPSA) is 29.3 Å². The molecule has 0 bridgehead atoms. The highest BCUT2D eigenvalue weighted by Crippen LogP contribution is 2.25. The van der Waals surface area contributed by atoms with Gasteiger partial charge in [-0.1, -0.05) is 18.2 Å². The van der Waals surface area contributed by atoms with E-state index in [2.05, 4.69) is 37.2 Å². The average molecular weight is 218 g/mol. The normalized spacial score (nSPS) is 17.2. The minimum absolute atomic E-state index is 0.354. The molecule has 1 aliphatic carbocycles. The maximum Gasteiger partial charge on any atom is 0.0464 e. The minimum Gasteiger partial charge on any atom is -0.329 e. The van der Waals surface area contributed by atoms with E-state index < -0.39 is 0 Å². The van der Waals surface area contributed by atoms with Crippen LogP contribution in [0.3, 0.4) is 0 Å². The summed E-state index contributed by atoms with van der Waals surface area (Å²) in [6, 6.07) is 7.27. The lowest BCUT2D eigenvalue weighted by atomic mass is 9.89. The van der Waals surface area contributed by atoms with Gasteiger partial charge in [-0.3, -0.25) is 0 Å². The highest BCUT2D eigenvalue weighted by atomic mass is 15.1. The summed E-state index contributed by atoms with van der Waals surface area (Å²) in [4.78, 5) is 2.20. The number of nitrogens with zero attached hydrogens (tertiary/aromatic N) is 1. The molecule has 1 unspecified atom stereocenters. The average Bonchev–Trinajstić information content (AvgIpc) is 2.29. The maximum atomic E-state index is 5.84. The molecule has 0 saturated carbocycles. The number of fused-ring (bicyclic) bond motifs is 1. The predicted octanol–water partition coefficient (Wildman–Crippen LogP) is 2.13. The Morgan fingerprint density at radius 2 is 1.88 bits per heavy atom. The van der Waals surface area contributed by atoms with Gasteiger partial charge in [0, 0.05) is 12.6 Å². The van der Waals surface area contributed by atoms with E-state index in [9.17, 15) is 0 Å². The van der Waals surface area contributed by atoms with Crippen molar-refractivity contribution in [1.29, 1.82) is 0 Å². The number of rotatable bonds is 3. The van der Waals surface area contributed by atoms with Crippen LogP contribution in [0.4, 0.5) is 0 Å². The summed E-state index contributed by atoms with van der Waals surface area (Å²) < 4.78 is 0. The van der Waals surface area contributed by atoms with Crippen LogP contribution in [-0.2, 0) is 12.8 Å². The number of nitrogens with two attached hydrogens (primary N) is 1. The van der Waals surface area contributed by atoms with Gasteiger partial charge in [-0.2, -0.15) is 0 Å². The van der Waals surface area contributed by atoms with Gasteiger partial charge in [-0.05, 0) is 56.5 Å². The smallest absolute Gasteiger partial charge is 0.0464 e. The van der Waals surface area contributed by atoms with Crippen LogP contribution in [0.15, 0.2) is 18.2 Å². The minimum atomic E-state index is 0.354. The molecule has 0 heterocycles. The van der Waals surface area contributed by atoms with Crippen molar-refractivity contribution in [1.82, 2.24) is 4.90 Å². The Kier molecular flexibility index (Phi) is 3.62. The molecule has 2 N–H and O–H groups in total. The highest BCUT2D eigenvalue weighted by molar-refractivity contribution is 5.35. The van der Waals surface area contributed by atoms with E-state index in [4.69, 9.17) is 5.73 Å². The Balaban J connectivity index is 2.28. The largest absolute Gasteiger partial charge is 0.329 e. The molecule has 2 nitrogen and oxygen atoms in total. The summed E-state index contributed by atoms with van der Waals surface area (Å²) in [5, 5.41) is 0. The van der Waals surface area contributed by atoms with Gasteiger partial charge in [-0.25, -0.2) is 0 Å². The second-order valence-corrected chi connectivity index (χ2v) is 4.95. The first-order valence-electron chi connectivity index (χ1n) is 6.20. The van der Waals surface area contributed by atoms with Crippen LogP contribution in [0, 0.1) is 0 Å². The lowest BCUT2D eigenvalue weighted by Gasteiger charge is -2.25. The Morgan fingerprint density at radius 1 is 1.19 bits per heavy atom. The lowest BCUT2D eigenvalue weighted by molar-refractivity contribution is 0.306. The van der Waals surface area contributed by atoms with Crippen molar-refractivity contribution < 1.29 is 0 Å². The first-order valence-corrected chi connectivity index (χ1v) is 6.20. The number of likely N-dealkylation sites (N-methyl/N-ethyl adjacent to an activating group) is 1. The second kappa shape index (κ2) is 4.98. The molecular weight excluding hydrogens is 196 g/mol. The van der Waals surface area contributed by atoms with Crippen LogP contribution in [0.1, 0.15) is 35.6 Å². The fourth-order valence-electron chi connectivity index (χ4n) is 2.61. The SMILES string of the molecule is CN(C)C(CN)c1ccc2c(c1)CCCC2. The van der Waals surface area contributed by atoms with Crippen molar-refractivity contribution in [2.45, 2.75) is 31.7 Å². The van der Waals surface area contributed by atoms with E-state index >= 15 is 0 Å². The molecule has 1 aromatic rings. The van der Waals surface area contributed by atoms with Crippen LogP contribution in [0.2, 0.25) is 0 Å². The van der Waals surface area contributed by atoms with Gasteiger partial charge in [0.05, 0.1) is 0 Å². The first-order chi connectivity index (χ1) is 7.72. The van der Waals surface area contributed by atoms with Gasteiger partial charge in [-0.15, -0.1) is 0 Å². The zero-order chi connectivity index (χ0) is 11.5. The van der Waals surface area contributed by atoms with Gasteiger partial charge >= 0.3 is 0 Å². The molecule has 0 aliphatic heterocycles. The summed E-state index contributed by atoms with van der Waals surface area (Å²) in [5.74, 6) is 0. The van der Waals surface area contributed by atoms with Gasteiger partial charge in [0.25, 0.3) is 0 Å². The van der Waals surface area contributed by atoms with Crippen molar-refractivity contribution >= 4 is 0 Å². The molecule has 0 amide bonds. The van der Waals surface area contributed by atoms with E-state index in [1.807, 2.05) is 0 Å². The summed E-state index contributed by atoms with van der Waals surface area (Å²) in [5.41, 5.74) is 10.3. The standard InChI is InChI=1S/C14H22N2/c1-16(2)14(10-15)13-8-7-11-5-3-4-6-12(11)9-13/h7-9,14H,3-6,10,15H2,1-2H3. The molecule has 2 heteroatoms. The first kappa shape index (κ1) is 11.6. The Bertz CT molecular complexity index is 358. The molecule has 16 heavy (non-hydrogen) atoms. The molecule has 0 aromatic heterocycles. The van der Waals surface area contributed by atoms with Crippen molar-refractivity contribution in [3.05, 3.63) is 34.9 Å². The van der Waals surface area contributed by atoms with E-state index in [-0.39, 0.29) is 0 Å². The predicted molar refractivity (Wildman–Crippen MR) is 68.6 cm³/mol. The van der Waals surface area contributed by atoms with E-state index in [0.717, 1.165) is 0 Å². The van der Waals surface area contributed by atoms with Crippen LogP contribution in [0.5, 0.6) is 0 Å². The van der Waals surface area contributed by atoms with Crippen molar-refractivity contribution in [2.75, 3.05) is 20.6 Å². The third-order valence-electron chi connectivity index (χ3n) is 3.60. The second-order valence-electron chi connectivity index (χ2n) is 4.95. The van der Waals surface area contributed by atoms with E-state index in [0.29, 0.717) is 12.6 Å². The van der Waals surface area contributed by atoms with Gasteiger partial charge in [0.2, 0.25) is 0 Å². The zero-order valence-electron chi connectivity index (χ0n) is 10.4. The van der Waals surface area contributed by atoms with Crippen molar-refractivity contribution in [2.24, 2.45) is 5.73 Å². The maximum absolute atomic E-state index is 5.84. The molecular formula is C14H22N2. The summed E-state index contributed by atoms with van der Waals surface area (Å²) in [6.45, 7) is 0.686. The highest BCUT2D eigenvalue weighted by Gasteiger charge is 2.15. The number of aryl methyl sites for hydroxylation is 2. The van der Waals surface area contributed by atoms with Gasteiger partial charge < -0.3 is 10.6 Å². The molecule has 2 rings (SSSR count). The molecule has 1 atom stereocenters. The Hall–Kier alpha value is -0.860. The number of hydrogen-bond acceptors (Lipinski definition) is 2. The number of benzene rings is 1. The zero-order valence-corrected chi connectivity index (χ0v) is 10.4. The van der Waals surface area contributed by atoms with Crippen molar-refractivity contribution in [3.8, 4) is 0 Å². The molecule has 0 saturated heterocycles. The Labute approximate surface area is 98.4 Å². The third kappa shape index (κ3) is 2.28. The van der Waals surface area contributed by atoms with E-state index in [1.54, 1.807) is 11.1 Å². The van der Waals surface area contributed by atoms with E-state index in [1.165, 1.54) is 31.2 Å². The monoisotopic (exact) mass is 218 g/mol. The van der Waals surface area contributed by atoms with Crippen molar-refractivity contribution in [3.63, 3.8) is 0 Å². The molecule has 0 spiro atoms. The summed E-state index contributed by atoms with van der Waals surface area (Å²) in [7, 11) is 4.19. The number of hydrogen-bond donors (Lipinski definition) is 1. The molecule has 0 fully saturated rings. The molecule has 88 valence electrons. The van der Waals surface area contributed by atoms with Crippen LogP contribution in [-0.4, -0.2) is 25.5 Å². The fourth-order valence-corrected chi connectivity index (χ4v) is 2.61. The van der Waals surface area contributed by atoms with Crippen LogP contribution < -0.4 is 5.73 Å². The molecule has 1 aromatic carbocycles. The van der Waals surface area contributed by atoms with Crippen LogP contribution >= 0.6 is 0 Å². The quantitative estimate of drug-likeness (QED) is 0.842.